The molecular weight excluding hydrogens is 276 g/mol. The molecule has 0 fully saturated rings. The molecule has 0 saturated heterocycles. The van der Waals surface area contributed by atoms with Crippen LogP contribution in [0.5, 0.6) is 0 Å². The van der Waals surface area contributed by atoms with Crippen LogP contribution in [-0.2, 0) is 4.74 Å². The zero-order valence-corrected chi connectivity index (χ0v) is 9.91. The number of carbonyl (C=O) groups excluding carboxylic acids is 1. The minimum Gasteiger partial charge on any atom is -0.465 e. The third-order valence-electron chi connectivity index (χ3n) is 2.14. The molecule has 0 amide bonds. The van der Waals surface area contributed by atoms with Gasteiger partial charge < -0.3 is 9.15 Å². The quantitative estimate of drug-likeness (QED) is 0.595. The Balaban J connectivity index is 2.84. The fraction of sp³-hybridized carbons (Fsp3) is 0.0909. The molecule has 0 aliphatic carbocycles. The minimum absolute atomic E-state index is 0.351. The van der Waals surface area contributed by atoms with Crippen molar-refractivity contribution in [2.24, 2.45) is 0 Å². The van der Waals surface area contributed by atoms with Gasteiger partial charge in [-0.2, -0.15) is 0 Å². The first-order valence-electron chi connectivity index (χ1n) is 4.44. The number of esters is 1. The molecule has 0 saturated carbocycles. The average Bonchev–Trinajstić information content (AvgIpc) is 2.28. The lowest BCUT2D eigenvalue weighted by Gasteiger charge is -2.05. The van der Waals surface area contributed by atoms with E-state index in [1.807, 2.05) is 0 Å². The number of methoxy groups -OCH3 is 1. The Bertz CT molecular complexity index is 615. The first-order chi connectivity index (χ1) is 7.63. The van der Waals surface area contributed by atoms with Gasteiger partial charge in [-0.15, -0.1) is 0 Å². The molecule has 0 N–H and O–H groups in total. The highest BCUT2D eigenvalue weighted by molar-refractivity contribution is 9.10. The normalized spacial score (nSPS) is 10.4. The van der Waals surface area contributed by atoms with Gasteiger partial charge in [-0.1, -0.05) is 0 Å². The molecule has 16 heavy (non-hydrogen) atoms. The van der Waals surface area contributed by atoms with Crippen molar-refractivity contribution >= 4 is 32.9 Å². The van der Waals surface area contributed by atoms with Crippen LogP contribution < -0.4 is 5.63 Å². The van der Waals surface area contributed by atoms with Gasteiger partial charge in [0.2, 0.25) is 0 Å². The molecule has 2 aromatic rings. The van der Waals surface area contributed by atoms with E-state index in [-0.39, 0.29) is 0 Å². The standard InChI is InChI=1S/C11H7BrO4/c1-15-11(14)10-6-2-5-9(13)16-8(6)4-3-7(10)12/h2-5H,1H3. The number of hydrogen-bond donors (Lipinski definition) is 0. The van der Waals surface area contributed by atoms with Gasteiger partial charge in [-0.05, 0) is 34.1 Å². The highest BCUT2D eigenvalue weighted by atomic mass is 79.9. The molecule has 1 aromatic heterocycles. The van der Waals surface area contributed by atoms with Crippen LogP contribution in [0, 0.1) is 0 Å². The van der Waals surface area contributed by atoms with Gasteiger partial charge >= 0.3 is 11.6 Å². The van der Waals surface area contributed by atoms with Crippen molar-refractivity contribution in [3.63, 3.8) is 0 Å². The number of ether oxygens (including phenoxy) is 1. The monoisotopic (exact) mass is 282 g/mol. The van der Waals surface area contributed by atoms with Crippen molar-refractivity contribution in [3.8, 4) is 0 Å². The molecule has 0 spiro atoms. The second-order valence-corrected chi connectivity index (χ2v) is 3.93. The summed E-state index contributed by atoms with van der Waals surface area (Å²) in [5.74, 6) is -0.480. The van der Waals surface area contributed by atoms with E-state index in [0.717, 1.165) is 0 Å². The Morgan fingerprint density at radius 2 is 2.06 bits per heavy atom. The largest absolute Gasteiger partial charge is 0.465 e. The highest BCUT2D eigenvalue weighted by Crippen LogP contribution is 2.26. The summed E-state index contributed by atoms with van der Waals surface area (Å²) >= 11 is 3.26. The molecule has 0 aliphatic heterocycles. The molecule has 1 aromatic carbocycles. The van der Waals surface area contributed by atoms with Gasteiger partial charge in [0.25, 0.3) is 0 Å². The maximum absolute atomic E-state index is 11.6. The van der Waals surface area contributed by atoms with E-state index in [9.17, 15) is 9.59 Å². The van der Waals surface area contributed by atoms with Crippen molar-refractivity contribution < 1.29 is 13.9 Å². The maximum Gasteiger partial charge on any atom is 0.339 e. The van der Waals surface area contributed by atoms with E-state index in [2.05, 4.69) is 20.7 Å². The van der Waals surface area contributed by atoms with Crippen LogP contribution in [0.4, 0.5) is 0 Å². The summed E-state index contributed by atoms with van der Waals surface area (Å²) < 4.78 is 10.2. The Morgan fingerprint density at radius 3 is 2.75 bits per heavy atom. The molecule has 0 radical (unpaired) electrons. The van der Waals surface area contributed by atoms with Crippen LogP contribution in [-0.4, -0.2) is 13.1 Å². The molecule has 4 nitrogen and oxygen atoms in total. The third-order valence-corrected chi connectivity index (χ3v) is 2.80. The van der Waals surface area contributed by atoms with Gasteiger partial charge in [0, 0.05) is 15.9 Å². The van der Waals surface area contributed by atoms with Crippen molar-refractivity contribution in [3.05, 3.63) is 44.7 Å². The van der Waals surface area contributed by atoms with Gasteiger partial charge in [-0.25, -0.2) is 9.59 Å². The van der Waals surface area contributed by atoms with Gasteiger partial charge in [0.05, 0.1) is 12.7 Å². The zero-order valence-electron chi connectivity index (χ0n) is 8.32. The number of fused-ring (bicyclic) bond motifs is 1. The van der Waals surface area contributed by atoms with Crippen LogP contribution in [0.15, 0.2) is 37.9 Å². The molecule has 0 bridgehead atoms. The smallest absolute Gasteiger partial charge is 0.339 e. The van der Waals surface area contributed by atoms with E-state index in [0.29, 0.717) is 21.0 Å². The average molecular weight is 283 g/mol. The Kier molecular flexibility index (Phi) is 2.78. The molecule has 1 heterocycles. The van der Waals surface area contributed by atoms with E-state index < -0.39 is 11.6 Å². The SMILES string of the molecule is COC(=O)c1c(Br)ccc2oc(=O)ccc12. The second kappa shape index (κ2) is 4.09. The van der Waals surface area contributed by atoms with Gasteiger partial charge in [0.15, 0.2) is 0 Å². The van der Waals surface area contributed by atoms with Crippen LogP contribution in [0.1, 0.15) is 10.4 Å². The highest BCUT2D eigenvalue weighted by Gasteiger charge is 2.15. The van der Waals surface area contributed by atoms with Crippen molar-refractivity contribution in [1.29, 1.82) is 0 Å². The van der Waals surface area contributed by atoms with Crippen LogP contribution in [0.25, 0.3) is 11.0 Å². The van der Waals surface area contributed by atoms with Crippen LogP contribution in [0.2, 0.25) is 0 Å². The number of carbonyl (C=O) groups is 1. The fourth-order valence-corrected chi connectivity index (χ4v) is 1.94. The van der Waals surface area contributed by atoms with E-state index >= 15 is 0 Å². The van der Waals surface area contributed by atoms with Crippen LogP contribution in [0.3, 0.4) is 0 Å². The summed E-state index contributed by atoms with van der Waals surface area (Å²) in [7, 11) is 1.30. The summed E-state index contributed by atoms with van der Waals surface area (Å²) in [5.41, 5.74) is 0.255. The van der Waals surface area contributed by atoms with Gasteiger partial charge in [-0.3, -0.25) is 0 Å². The van der Waals surface area contributed by atoms with Gasteiger partial charge in [0.1, 0.15) is 5.58 Å². The van der Waals surface area contributed by atoms with E-state index in [4.69, 9.17) is 4.42 Å². The summed E-state index contributed by atoms with van der Waals surface area (Å²) in [6.45, 7) is 0. The van der Waals surface area contributed by atoms with E-state index in [1.165, 1.54) is 19.2 Å². The van der Waals surface area contributed by atoms with Crippen molar-refractivity contribution in [2.45, 2.75) is 0 Å². The summed E-state index contributed by atoms with van der Waals surface area (Å²) in [4.78, 5) is 22.6. The second-order valence-electron chi connectivity index (χ2n) is 3.08. The molecule has 82 valence electrons. The zero-order chi connectivity index (χ0) is 11.7. The minimum atomic E-state index is -0.480. The first kappa shape index (κ1) is 10.9. The maximum atomic E-state index is 11.6. The summed E-state index contributed by atoms with van der Waals surface area (Å²) in [5, 5.41) is 0.542. The molecule has 0 aliphatic rings. The molecular formula is C11H7BrO4. The summed E-state index contributed by atoms with van der Waals surface area (Å²) in [6, 6.07) is 6.06. The number of halogens is 1. The fourth-order valence-electron chi connectivity index (χ4n) is 1.43. The first-order valence-corrected chi connectivity index (χ1v) is 5.23. The lowest BCUT2D eigenvalue weighted by atomic mass is 10.1. The predicted octanol–water partition coefficient (Wildman–Crippen LogP) is 2.34. The predicted molar refractivity (Wildman–Crippen MR) is 61.5 cm³/mol. The molecule has 0 unspecified atom stereocenters. The third kappa shape index (κ3) is 1.74. The molecule has 5 heteroatoms. The van der Waals surface area contributed by atoms with Crippen molar-refractivity contribution in [1.82, 2.24) is 0 Å². The molecule has 2 rings (SSSR count). The van der Waals surface area contributed by atoms with Crippen molar-refractivity contribution in [2.75, 3.05) is 7.11 Å². The number of rotatable bonds is 1. The Morgan fingerprint density at radius 1 is 1.31 bits per heavy atom. The lowest BCUT2D eigenvalue weighted by molar-refractivity contribution is 0.0602. The number of benzene rings is 1. The topological polar surface area (TPSA) is 56.5 Å². The lowest BCUT2D eigenvalue weighted by Crippen LogP contribution is -2.04. The Hall–Kier alpha value is -1.62. The summed E-state index contributed by atoms with van der Waals surface area (Å²) in [6.07, 6.45) is 0. The Labute approximate surface area is 99.0 Å². The molecule has 0 atom stereocenters. The van der Waals surface area contributed by atoms with Crippen LogP contribution >= 0.6 is 15.9 Å². The number of hydrogen-bond acceptors (Lipinski definition) is 4. The van der Waals surface area contributed by atoms with E-state index in [1.54, 1.807) is 12.1 Å².